The molecule has 1 saturated heterocycles. The molecule has 1 aliphatic rings. The van der Waals surface area contributed by atoms with Crippen molar-refractivity contribution in [2.24, 2.45) is 0 Å². The van der Waals surface area contributed by atoms with Crippen molar-refractivity contribution >= 4 is 6.03 Å². The lowest BCUT2D eigenvalue weighted by atomic mass is 9.76. The fourth-order valence-corrected chi connectivity index (χ4v) is 3.45. The van der Waals surface area contributed by atoms with Crippen LogP contribution >= 0.6 is 0 Å². The maximum Gasteiger partial charge on any atom is 0.317 e. The molecule has 24 heavy (non-hydrogen) atoms. The van der Waals surface area contributed by atoms with Crippen molar-refractivity contribution in [3.05, 3.63) is 53.9 Å². The van der Waals surface area contributed by atoms with Crippen molar-refractivity contribution in [1.29, 1.82) is 0 Å². The summed E-state index contributed by atoms with van der Waals surface area (Å²) in [5.41, 5.74) is 2.66. The van der Waals surface area contributed by atoms with E-state index in [1.54, 1.807) is 6.20 Å². The highest BCUT2D eigenvalue weighted by molar-refractivity contribution is 5.74. The molecule has 1 aliphatic heterocycles. The summed E-state index contributed by atoms with van der Waals surface area (Å²) in [6.07, 6.45) is 7.63. The first-order chi connectivity index (χ1) is 11.7. The van der Waals surface area contributed by atoms with E-state index in [0.29, 0.717) is 6.54 Å². The first kappa shape index (κ1) is 16.6. The molecule has 0 radical (unpaired) electrons. The summed E-state index contributed by atoms with van der Waals surface area (Å²) < 4.78 is 0. The number of amides is 2. The molecule has 128 valence electrons. The van der Waals surface area contributed by atoms with E-state index < -0.39 is 0 Å². The van der Waals surface area contributed by atoms with Gasteiger partial charge in [-0.3, -0.25) is 5.10 Å². The number of carbonyl (C=O) groups excluding carboxylic acids is 1. The summed E-state index contributed by atoms with van der Waals surface area (Å²) in [5, 5.41) is 9.74. The number of aromatic amines is 1. The van der Waals surface area contributed by atoms with E-state index in [2.05, 4.69) is 52.8 Å². The van der Waals surface area contributed by atoms with Gasteiger partial charge in [-0.15, -0.1) is 0 Å². The molecule has 1 atom stereocenters. The molecule has 0 bridgehead atoms. The minimum atomic E-state index is 0.0517. The Labute approximate surface area is 143 Å². The predicted molar refractivity (Wildman–Crippen MR) is 94.9 cm³/mol. The highest BCUT2D eigenvalue weighted by Crippen LogP contribution is 2.34. The average Bonchev–Trinajstić information content (AvgIpc) is 3.03. The molecule has 1 unspecified atom stereocenters. The van der Waals surface area contributed by atoms with E-state index in [-0.39, 0.29) is 11.4 Å². The quantitative estimate of drug-likeness (QED) is 0.907. The zero-order valence-electron chi connectivity index (χ0n) is 14.3. The maximum absolute atomic E-state index is 12.4. The number of benzene rings is 1. The number of hydrogen-bond acceptors (Lipinski definition) is 2. The Morgan fingerprint density at radius 3 is 2.88 bits per heavy atom. The molecule has 2 aromatic rings. The summed E-state index contributed by atoms with van der Waals surface area (Å²) in [5.74, 6) is 0. The molecule has 3 rings (SSSR count). The van der Waals surface area contributed by atoms with Gasteiger partial charge in [0.2, 0.25) is 0 Å². The normalized spacial score (nSPS) is 21.3. The van der Waals surface area contributed by atoms with Crippen LogP contribution < -0.4 is 5.32 Å². The second kappa shape index (κ2) is 7.51. The first-order valence-electron chi connectivity index (χ1n) is 8.73. The van der Waals surface area contributed by atoms with Gasteiger partial charge in [-0.2, -0.15) is 5.10 Å². The summed E-state index contributed by atoms with van der Waals surface area (Å²) >= 11 is 0. The van der Waals surface area contributed by atoms with Crippen molar-refractivity contribution in [2.45, 2.75) is 38.0 Å². The Balaban J connectivity index is 1.52. The van der Waals surface area contributed by atoms with Crippen LogP contribution in [0.25, 0.3) is 0 Å². The van der Waals surface area contributed by atoms with Crippen molar-refractivity contribution in [2.75, 3.05) is 19.6 Å². The van der Waals surface area contributed by atoms with Crippen LogP contribution in [-0.2, 0) is 11.8 Å². The summed E-state index contributed by atoms with van der Waals surface area (Å²) in [7, 11) is 0. The molecular formula is C19H26N4O. The lowest BCUT2D eigenvalue weighted by Gasteiger charge is -2.29. The zero-order chi connectivity index (χ0) is 16.8. The molecule has 5 nitrogen and oxygen atoms in total. The molecule has 1 fully saturated rings. The highest BCUT2D eigenvalue weighted by Gasteiger charge is 2.30. The number of aromatic nitrogens is 2. The molecule has 2 amide bonds. The van der Waals surface area contributed by atoms with Crippen LogP contribution in [0, 0.1) is 0 Å². The Kier molecular flexibility index (Phi) is 5.18. The van der Waals surface area contributed by atoms with Gasteiger partial charge in [0.15, 0.2) is 0 Å². The number of carbonyl (C=O) groups is 1. The van der Waals surface area contributed by atoms with E-state index >= 15 is 0 Å². The molecule has 1 aromatic heterocycles. The fourth-order valence-electron chi connectivity index (χ4n) is 3.45. The lowest BCUT2D eigenvalue weighted by molar-refractivity contribution is 0.199. The second-order valence-corrected chi connectivity index (χ2v) is 6.86. The summed E-state index contributed by atoms with van der Waals surface area (Å²) in [6.45, 7) is 4.61. The third-order valence-electron chi connectivity index (χ3n) is 5.09. The largest absolute Gasteiger partial charge is 0.338 e. The number of hydrogen-bond donors (Lipinski definition) is 2. The van der Waals surface area contributed by atoms with E-state index in [1.807, 2.05) is 11.1 Å². The number of H-pyrrole nitrogens is 1. The van der Waals surface area contributed by atoms with Crippen molar-refractivity contribution in [3.8, 4) is 0 Å². The molecule has 2 heterocycles. The minimum Gasteiger partial charge on any atom is -0.338 e. The molecule has 5 heteroatoms. The number of likely N-dealkylation sites (tertiary alicyclic amines) is 1. The summed E-state index contributed by atoms with van der Waals surface area (Å²) in [4.78, 5) is 14.4. The molecule has 2 N–H and O–H groups in total. The number of urea groups is 1. The molecule has 0 saturated carbocycles. The van der Waals surface area contributed by atoms with E-state index in [1.165, 1.54) is 5.56 Å². The van der Waals surface area contributed by atoms with Crippen LogP contribution in [0.2, 0.25) is 0 Å². The highest BCUT2D eigenvalue weighted by atomic mass is 16.2. The monoisotopic (exact) mass is 326 g/mol. The molecular weight excluding hydrogens is 300 g/mol. The van der Waals surface area contributed by atoms with Gasteiger partial charge in [0.05, 0.1) is 6.20 Å². The van der Waals surface area contributed by atoms with E-state index in [9.17, 15) is 4.79 Å². The van der Waals surface area contributed by atoms with Gasteiger partial charge in [0, 0.05) is 25.8 Å². The van der Waals surface area contributed by atoms with Crippen LogP contribution in [0.1, 0.15) is 37.3 Å². The third-order valence-corrected chi connectivity index (χ3v) is 5.09. The van der Waals surface area contributed by atoms with Gasteiger partial charge < -0.3 is 10.2 Å². The Hall–Kier alpha value is -2.30. The first-order valence-corrected chi connectivity index (χ1v) is 8.73. The predicted octanol–water partition coefficient (Wildman–Crippen LogP) is 3.11. The Morgan fingerprint density at radius 2 is 2.12 bits per heavy atom. The SMILES string of the molecule is CC1(c2ccccc2)CCCN(C(=O)NCCc2cn[nH]c2)CC1. The zero-order valence-corrected chi connectivity index (χ0v) is 14.3. The van der Waals surface area contributed by atoms with E-state index in [0.717, 1.165) is 44.3 Å². The maximum atomic E-state index is 12.4. The van der Waals surface area contributed by atoms with Crippen molar-refractivity contribution in [1.82, 2.24) is 20.4 Å². The summed E-state index contributed by atoms with van der Waals surface area (Å²) in [6, 6.07) is 10.7. The molecule has 0 aliphatic carbocycles. The Bertz CT molecular complexity index is 641. The second-order valence-electron chi connectivity index (χ2n) is 6.86. The van der Waals surface area contributed by atoms with Crippen molar-refractivity contribution in [3.63, 3.8) is 0 Å². The topological polar surface area (TPSA) is 61.0 Å². The standard InChI is InChI=1S/C19H26N4O/c1-19(17-6-3-2-4-7-17)9-5-12-23(13-10-19)18(24)20-11-8-16-14-21-22-15-16/h2-4,6-7,14-15H,5,8-13H2,1H3,(H,20,24)(H,21,22). The van der Waals surface area contributed by atoms with E-state index in [4.69, 9.17) is 0 Å². The molecule has 1 aromatic carbocycles. The lowest BCUT2D eigenvalue weighted by Crippen LogP contribution is -2.41. The van der Waals surface area contributed by atoms with Crippen LogP contribution in [0.5, 0.6) is 0 Å². The fraction of sp³-hybridized carbons (Fsp3) is 0.474. The van der Waals surface area contributed by atoms with Gasteiger partial charge in [-0.05, 0) is 42.2 Å². The number of rotatable bonds is 4. The average molecular weight is 326 g/mol. The number of nitrogens with zero attached hydrogens (tertiary/aromatic N) is 2. The minimum absolute atomic E-state index is 0.0517. The third kappa shape index (κ3) is 3.96. The van der Waals surface area contributed by atoms with Gasteiger partial charge in [0.1, 0.15) is 0 Å². The van der Waals surface area contributed by atoms with Gasteiger partial charge in [-0.25, -0.2) is 4.79 Å². The van der Waals surface area contributed by atoms with Gasteiger partial charge in [0.25, 0.3) is 0 Å². The van der Waals surface area contributed by atoms with Crippen LogP contribution in [0.15, 0.2) is 42.7 Å². The van der Waals surface area contributed by atoms with Crippen LogP contribution in [0.3, 0.4) is 0 Å². The Morgan fingerprint density at radius 1 is 1.29 bits per heavy atom. The van der Waals surface area contributed by atoms with Gasteiger partial charge in [-0.1, -0.05) is 37.3 Å². The van der Waals surface area contributed by atoms with Crippen LogP contribution in [0.4, 0.5) is 4.79 Å². The van der Waals surface area contributed by atoms with Crippen LogP contribution in [-0.4, -0.2) is 40.8 Å². The van der Waals surface area contributed by atoms with Gasteiger partial charge >= 0.3 is 6.03 Å². The smallest absolute Gasteiger partial charge is 0.317 e. The van der Waals surface area contributed by atoms with Crippen molar-refractivity contribution < 1.29 is 4.79 Å². The molecule has 0 spiro atoms. The number of nitrogens with one attached hydrogen (secondary N) is 2.